The first-order valence-corrected chi connectivity index (χ1v) is 8.29. The fourth-order valence-corrected chi connectivity index (χ4v) is 2.31. The topological polar surface area (TPSA) is 125 Å². The van der Waals surface area contributed by atoms with E-state index in [4.69, 9.17) is 26.0 Å². The standard InChI is InChI=1S/C18H28N2O5/c1-11(2)13-6-5-7-14(12(3)4)15(13)25-17(23)24-9-8-18(20,10-21)16(19)22/h5-7,11-12,21H,8-10,20H2,1-4H3,(H2,19,22)/t18-/m0/s1. The van der Waals surface area contributed by atoms with Crippen molar-refractivity contribution in [3.8, 4) is 5.75 Å². The van der Waals surface area contributed by atoms with E-state index in [1.54, 1.807) is 0 Å². The molecule has 0 aliphatic heterocycles. The number of hydrogen-bond acceptors (Lipinski definition) is 6. The van der Waals surface area contributed by atoms with Gasteiger partial charge in [0, 0.05) is 6.42 Å². The summed E-state index contributed by atoms with van der Waals surface area (Å²) in [6.07, 6.45) is -0.990. The van der Waals surface area contributed by atoms with Crippen molar-refractivity contribution in [3.05, 3.63) is 29.3 Å². The lowest BCUT2D eigenvalue weighted by Crippen LogP contribution is -2.55. The summed E-state index contributed by atoms with van der Waals surface area (Å²) in [7, 11) is 0. The monoisotopic (exact) mass is 352 g/mol. The lowest BCUT2D eigenvalue weighted by molar-refractivity contribution is -0.125. The molecule has 0 saturated heterocycles. The van der Waals surface area contributed by atoms with Crippen LogP contribution in [0.2, 0.25) is 0 Å². The van der Waals surface area contributed by atoms with Crippen LogP contribution in [0.3, 0.4) is 0 Å². The molecule has 1 aromatic rings. The predicted molar refractivity (Wildman–Crippen MR) is 94.4 cm³/mol. The third-order valence-corrected chi connectivity index (χ3v) is 4.05. The van der Waals surface area contributed by atoms with E-state index in [1.807, 2.05) is 45.9 Å². The van der Waals surface area contributed by atoms with Gasteiger partial charge in [-0.05, 0) is 23.0 Å². The highest BCUT2D eigenvalue weighted by molar-refractivity contribution is 5.84. The Morgan fingerprint density at radius 3 is 2.08 bits per heavy atom. The van der Waals surface area contributed by atoms with Gasteiger partial charge in [-0.25, -0.2) is 4.79 Å². The summed E-state index contributed by atoms with van der Waals surface area (Å²) in [5.41, 5.74) is 11.0. The molecule has 140 valence electrons. The average molecular weight is 352 g/mol. The van der Waals surface area contributed by atoms with Crippen LogP contribution in [0.1, 0.15) is 57.1 Å². The summed E-state index contributed by atoms with van der Waals surface area (Å²) in [6.45, 7) is 7.21. The summed E-state index contributed by atoms with van der Waals surface area (Å²) >= 11 is 0. The van der Waals surface area contributed by atoms with E-state index >= 15 is 0 Å². The van der Waals surface area contributed by atoms with E-state index in [9.17, 15) is 9.59 Å². The summed E-state index contributed by atoms with van der Waals surface area (Å²) in [4.78, 5) is 23.3. The molecule has 0 spiro atoms. The molecule has 0 aromatic heterocycles. The highest BCUT2D eigenvalue weighted by Crippen LogP contribution is 2.34. The molecule has 0 radical (unpaired) electrons. The van der Waals surface area contributed by atoms with Crippen LogP contribution in [0, 0.1) is 0 Å². The van der Waals surface area contributed by atoms with Crippen LogP contribution >= 0.6 is 0 Å². The number of carbonyl (C=O) groups excluding carboxylic acids is 2. The van der Waals surface area contributed by atoms with Crippen molar-refractivity contribution >= 4 is 12.1 Å². The maximum absolute atomic E-state index is 12.0. The van der Waals surface area contributed by atoms with Crippen molar-refractivity contribution in [1.29, 1.82) is 0 Å². The zero-order valence-corrected chi connectivity index (χ0v) is 15.2. The third kappa shape index (κ3) is 5.44. The minimum Gasteiger partial charge on any atom is -0.434 e. The molecule has 0 heterocycles. The lowest BCUT2D eigenvalue weighted by atomic mass is 9.94. The Labute approximate surface area is 148 Å². The molecule has 1 amide bonds. The number of para-hydroxylation sites is 1. The van der Waals surface area contributed by atoms with E-state index < -0.39 is 24.2 Å². The molecule has 5 N–H and O–H groups in total. The Morgan fingerprint density at radius 2 is 1.68 bits per heavy atom. The number of rotatable bonds is 8. The second kappa shape index (κ2) is 8.82. The van der Waals surface area contributed by atoms with Gasteiger partial charge in [0.1, 0.15) is 11.3 Å². The van der Waals surface area contributed by atoms with Crippen LogP contribution in [0.15, 0.2) is 18.2 Å². The molecule has 25 heavy (non-hydrogen) atoms. The van der Waals surface area contributed by atoms with Gasteiger partial charge in [0.2, 0.25) is 5.91 Å². The van der Waals surface area contributed by atoms with Crippen molar-refractivity contribution in [3.63, 3.8) is 0 Å². The number of aliphatic hydroxyl groups excluding tert-OH is 1. The van der Waals surface area contributed by atoms with Gasteiger partial charge >= 0.3 is 6.16 Å². The molecule has 7 nitrogen and oxygen atoms in total. The summed E-state index contributed by atoms with van der Waals surface area (Å²) in [6, 6.07) is 5.74. The van der Waals surface area contributed by atoms with Gasteiger partial charge < -0.3 is 26.0 Å². The molecule has 0 bridgehead atoms. The van der Waals surface area contributed by atoms with Gasteiger partial charge in [0.05, 0.1) is 13.2 Å². The van der Waals surface area contributed by atoms with Gasteiger partial charge in [0.15, 0.2) is 0 Å². The maximum Gasteiger partial charge on any atom is 0.513 e. The van der Waals surface area contributed by atoms with E-state index in [-0.39, 0.29) is 24.9 Å². The summed E-state index contributed by atoms with van der Waals surface area (Å²) in [5.74, 6) is -0.0299. The van der Waals surface area contributed by atoms with Gasteiger partial charge in [-0.2, -0.15) is 0 Å². The van der Waals surface area contributed by atoms with Crippen LogP contribution in [-0.4, -0.2) is 35.9 Å². The molecular weight excluding hydrogens is 324 g/mol. The molecule has 0 fully saturated rings. The second-order valence-corrected chi connectivity index (χ2v) is 6.70. The Kier molecular flexibility index (Phi) is 7.38. The molecule has 1 atom stereocenters. The molecule has 0 unspecified atom stereocenters. The Bertz CT molecular complexity index is 589. The van der Waals surface area contributed by atoms with Crippen LogP contribution < -0.4 is 16.2 Å². The normalized spacial score (nSPS) is 13.6. The van der Waals surface area contributed by atoms with Gasteiger partial charge in [-0.15, -0.1) is 0 Å². The zero-order valence-electron chi connectivity index (χ0n) is 15.2. The fourth-order valence-electron chi connectivity index (χ4n) is 2.31. The first-order valence-electron chi connectivity index (χ1n) is 8.29. The van der Waals surface area contributed by atoms with Crippen LogP contribution in [-0.2, 0) is 9.53 Å². The van der Waals surface area contributed by atoms with E-state index in [0.29, 0.717) is 5.75 Å². The molecule has 0 aliphatic rings. The van der Waals surface area contributed by atoms with Crippen molar-refractivity contribution in [2.75, 3.05) is 13.2 Å². The van der Waals surface area contributed by atoms with Crippen LogP contribution in [0.25, 0.3) is 0 Å². The smallest absolute Gasteiger partial charge is 0.434 e. The summed E-state index contributed by atoms with van der Waals surface area (Å²) < 4.78 is 10.4. The number of primary amides is 1. The van der Waals surface area contributed by atoms with Crippen molar-refractivity contribution in [2.45, 2.75) is 51.5 Å². The number of nitrogens with two attached hydrogens (primary N) is 2. The molecular formula is C18H28N2O5. The number of ether oxygens (including phenoxy) is 2. The van der Waals surface area contributed by atoms with Crippen molar-refractivity contribution < 1.29 is 24.2 Å². The Morgan fingerprint density at radius 1 is 1.16 bits per heavy atom. The fraction of sp³-hybridized carbons (Fsp3) is 0.556. The highest BCUT2D eigenvalue weighted by Gasteiger charge is 2.31. The van der Waals surface area contributed by atoms with Gasteiger partial charge in [0.25, 0.3) is 0 Å². The molecule has 1 aromatic carbocycles. The second-order valence-electron chi connectivity index (χ2n) is 6.70. The largest absolute Gasteiger partial charge is 0.513 e. The minimum absolute atomic E-state index is 0.100. The number of amides is 1. The number of benzene rings is 1. The third-order valence-electron chi connectivity index (χ3n) is 4.05. The van der Waals surface area contributed by atoms with Gasteiger partial charge in [-0.3, -0.25) is 4.79 Å². The Balaban J connectivity index is 2.82. The van der Waals surface area contributed by atoms with Crippen LogP contribution in [0.4, 0.5) is 4.79 Å². The van der Waals surface area contributed by atoms with Crippen molar-refractivity contribution in [2.24, 2.45) is 11.5 Å². The van der Waals surface area contributed by atoms with E-state index in [0.717, 1.165) is 11.1 Å². The van der Waals surface area contributed by atoms with Crippen LogP contribution in [0.5, 0.6) is 5.75 Å². The highest BCUT2D eigenvalue weighted by atomic mass is 16.7. The quantitative estimate of drug-likeness (QED) is 0.485. The Hall–Kier alpha value is -2.12. The minimum atomic E-state index is -1.63. The lowest BCUT2D eigenvalue weighted by Gasteiger charge is -2.23. The summed E-state index contributed by atoms with van der Waals surface area (Å²) in [5, 5.41) is 9.15. The van der Waals surface area contributed by atoms with Gasteiger partial charge in [-0.1, -0.05) is 45.9 Å². The first-order chi connectivity index (χ1) is 11.6. The van der Waals surface area contributed by atoms with E-state index in [1.165, 1.54) is 0 Å². The van der Waals surface area contributed by atoms with Crippen molar-refractivity contribution in [1.82, 2.24) is 0 Å². The average Bonchev–Trinajstić information content (AvgIpc) is 2.54. The number of aliphatic hydroxyl groups is 1. The SMILES string of the molecule is CC(C)c1cccc(C(C)C)c1OC(=O)OCC[C@](N)(CO)C(N)=O. The maximum atomic E-state index is 12.0. The predicted octanol–water partition coefficient (Wildman–Crippen LogP) is 2.01. The molecule has 0 aliphatic carbocycles. The number of carbonyl (C=O) groups is 2. The molecule has 0 saturated carbocycles. The zero-order chi connectivity index (χ0) is 19.2. The first kappa shape index (κ1) is 20.9. The molecule has 1 rings (SSSR count). The van der Waals surface area contributed by atoms with E-state index in [2.05, 4.69) is 0 Å². The number of hydrogen-bond donors (Lipinski definition) is 3. The molecule has 7 heteroatoms.